The molecule has 0 spiro atoms. The van der Waals surface area contributed by atoms with Crippen molar-refractivity contribution in [3.8, 4) is 0 Å². The number of nitrogens with zero attached hydrogens (tertiary/aromatic N) is 2. The Morgan fingerprint density at radius 1 is 0.571 bits per heavy atom. The molecule has 0 aliphatic heterocycles. The maximum absolute atomic E-state index is 4.52. The fourth-order valence-electron chi connectivity index (χ4n) is 1.57. The molecule has 2 nitrogen and oxygen atoms in total. The van der Waals surface area contributed by atoms with Gasteiger partial charge in [0.1, 0.15) is 0 Å². The van der Waals surface area contributed by atoms with Crippen LogP contribution in [0.15, 0.2) is 48.5 Å². The highest BCUT2D eigenvalue weighted by Crippen LogP contribution is 2.14. The Bertz CT molecular complexity index is 502. The molecule has 14 heavy (non-hydrogen) atoms. The molecule has 0 aliphatic rings. The van der Waals surface area contributed by atoms with Crippen molar-refractivity contribution in [1.29, 1.82) is 0 Å². The van der Waals surface area contributed by atoms with Gasteiger partial charge in [0, 0.05) is 0 Å². The van der Waals surface area contributed by atoms with Gasteiger partial charge < -0.3 is 0 Å². The molecule has 0 amide bonds. The highest BCUT2D eigenvalue weighted by Gasteiger charge is 1.98. The SMILES string of the molecule is [H+].c1ccc2nc3ccccc3nc2c1. The van der Waals surface area contributed by atoms with E-state index in [1.165, 1.54) is 0 Å². The summed E-state index contributed by atoms with van der Waals surface area (Å²) in [5, 5.41) is 0. The minimum Gasteiger partial charge on any atom is -0.245 e. The van der Waals surface area contributed by atoms with Crippen LogP contribution in [-0.2, 0) is 0 Å². The van der Waals surface area contributed by atoms with Crippen LogP contribution < -0.4 is 0 Å². The Labute approximate surface area is 82.7 Å². The summed E-state index contributed by atoms with van der Waals surface area (Å²) in [5.41, 5.74) is 3.80. The van der Waals surface area contributed by atoms with Crippen molar-refractivity contribution in [1.82, 2.24) is 9.97 Å². The van der Waals surface area contributed by atoms with E-state index in [2.05, 4.69) is 9.97 Å². The lowest BCUT2D eigenvalue weighted by Crippen LogP contribution is -1.85. The average molecular weight is 181 g/mol. The zero-order chi connectivity index (χ0) is 9.38. The molecule has 0 radical (unpaired) electrons. The highest BCUT2D eigenvalue weighted by molar-refractivity contribution is 5.85. The molecule has 3 aromatic rings. The van der Waals surface area contributed by atoms with Crippen molar-refractivity contribution < 1.29 is 1.43 Å². The van der Waals surface area contributed by atoms with Crippen LogP contribution in [-0.4, -0.2) is 9.97 Å². The van der Waals surface area contributed by atoms with Crippen molar-refractivity contribution in [3.63, 3.8) is 0 Å². The van der Waals surface area contributed by atoms with Crippen LogP contribution in [0.3, 0.4) is 0 Å². The molecule has 0 fully saturated rings. The summed E-state index contributed by atoms with van der Waals surface area (Å²) < 4.78 is 0. The first-order valence-corrected chi connectivity index (χ1v) is 4.55. The van der Waals surface area contributed by atoms with Crippen molar-refractivity contribution in [2.24, 2.45) is 0 Å². The third-order valence-electron chi connectivity index (χ3n) is 2.25. The molecule has 0 bridgehead atoms. The van der Waals surface area contributed by atoms with Crippen LogP contribution in [0, 0.1) is 0 Å². The number of aromatic nitrogens is 2. The smallest absolute Gasteiger partial charge is 0.245 e. The standard InChI is InChI=1S/C12H8N2/c1-2-6-10-9(5-1)13-11-7-3-4-8-12(11)14-10/h1-8H/p+1. The summed E-state index contributed by atoms with van der Waals surface area (Å²) in [6.45, 7) is 0. The molecule has 3 rings (SSSR count). The number of hydrogen-bond donors (Lipinski definition) is 0. The van der Waals surface area contributed by atoms with Crippen molar-refractivity contribution in [2.75, 3.05) is 0 Å². The van der Waals surface area contributed by atoms with Gasteiger partial charge in [-0.1, -0.05) is 24.3 Å². The van der Waals surface area contributed by atoms with E-state index in [9.17, 15) is 0 Å². The van der Waals surface area contributed by atoms with Crippen LogP contribution in [0.4, 0.5) is 0 Å². The molecule has 0 saturated carbocycles. The first kappa shape index (κ1) is 7.44. The summed E-state index contributed by atoms with van der Waals surface area (Å²) in [5.74, 6) is 0. The van der Waals surface area contributed by atoms with Gasteiger partial charge in [0.2, 0.25) is 0 Å². The van der Waals surface area contributed by atoms with E-state index in [-0.39, 0.29) is 1.43 Å². The van der Waals surface area contributed by atoms with Crippen LogP contribution in [0.2, 0.25) is 0 Å². The minimum atomic E-state index is 0. The largest absolute Gasteiger partial charge is 1.00 e. The molecule has 66 valence electrons. The summed E-state index contributed by atoms with van der Waals surface area (Å²) in [6.07, 6.45) is 0. The van der Waals surface area contributed by atoms with Gasteiger partial charge in [0.15, 0.2) is 0 Å². The summed E-state index contributed by atoms with van der Waals surface area (Å²) in [6, 6.07) is 15.8. The van der Waals surface area contributed by atoms with E-state index in [0.717, 1.165) is 22.1 Å². The van der Waals surface area contributed by atoms with E-state index in [0.29, 0.717) is 0 Å². The predicted molar refractivity (Wildman–Crippen MR) is 58.2 cm³/mol. The van der Waals surface area contributed by atoms with Gasteiger partial charge >= 0.3 is 1.43 Å². The third kappa shape index (κ3) is 1.04. The monoisotopic (exact) mass is 181 g/mol. The predicted octanol–water partition coefficient (Wildman–Crippen LogP) is 2.90. The van der Waals surface area contributed by atoms with Gasteiger partial charge in [0.25, 0.3) is 0 Å². The third-order valence-corrected chi connectivity index (χ3v) is 2.25. The molecule has 0 atom stereocenters. The Kier molecular flexibility index (Phi) is 1.47. The lowest BCUT2D eigenvalue weighted by Gasteiger charge is -1.98. The lowest BCUT2D eigenvalue weighted by molar-refractivity contribution is 1.39. The molecule has 2 heteroatoms. The summed E-state index contributed by atoms with van der Waals surface area (Å²) in [4.78, 5) is 9.03. The summed E-state index contributed by atoms with van der Waals surface area (Å²) >= 11 is 0. The number of hydrogen-bond acceptors (Lipinski definition) is 2. The fourth-order valence-corrected chi connectivity index (χ4v) is 1.57. The molecule has 1 aromatic heterocycles. The highest BCUT2D eigenvalue weighted by atomic mass is 14.8. The number of rotatable bonds is 0. The lowest BCUT2D eigenvalue weighted by atomic mass is 10.2. The Morgan fingerprint density at radius 3 is 1.14 bits per heavy atom. The molecule has 2 aromatic carbocycles. The molecular formula is C12H9N2+. The van der Waals surface area contributed by atoms with Gasteiger partial charge in [-0.25, -0.2) is 9.97 Å². The fraction of sp³-hybridized carbons (Fsp3) is 0. The molecule has 1 heterocycles. The Balaban J connectivity index is 0.000000853. The van der Waals surface area contributed by atoms with E-state index in [1.807, 2.05) is 48.5 Å². The van der Waals surface area contributed by atoms with E-state index in [1.54, 1.807) is 0 Å². The first-order valence-electron chi connectivity index (χ1n) is 4.55. The molecule has 0 aliphatic carbocycles. The van der Waals surface area contributed by atoms with Crippen molar-refractivity contribution in [2.45, 2.75) is 0 Å². The Morgan fingerprint density at radius 2 is 0.857 bits per heavy atom. The molecule has 0 saturated heterocycles. The van der Waals surface area contributed by atoms with Gasteiger partial charge in [-0.15, -0.1) is 0 Å². The second kappa shape index (κ2) is 2.77. The minimum absolute atomic E-state index is 0. The maximum Gasteiger partial charge on any atom is 1.00 e. The maximum atomic E-state index is 4.52. The second-order valence-corrected chi connectivity index (χ2v) is 3.20. The second-order valence-electron chi connectivity index (χ2n) is 3.20. The average Bonchev–Trinajstić information content (AvgIpc) is 2.26. The van der Waals surface area contributed by atoms with Gasteiger partial charge in [0.05, 0.1) is 22.1 Å². The van der Waals surface area contributed by atoms with E-state index >= 15 is 0 Å². The van der Waals surface area contributed by atoms with Gasteiger partial charge in [-0.2, -0.15) is 0 Å². The normalized spacial score (nSPS) is 10.9. The quantitative estimate of drug-likeness (QED) is 0.498. The number of fused-ring (bicyclic) bond motifs is 2. The first-order chi connectivity index (χ1) is 6.93. The van der Waals surface area contributed by atoms with Gasteiger partial charge in [-0.3, -0.25) is 0 Å². The topological polar surface area (TPSA) is 25.8 Å². The number of benzene rings is 2. The van der Waals surface area contributed by atoms with E-state index < -0.39 is 0 Å². The van der Waals surface area contributed by atoms with Gasteiger partial charge in [-0.05, 0) is 24.3 Å². The van der Waals surface area contributed by atoms with E-state index in [4.69, 9.17) is 0 Å². The zero-order valence-corrected chi connectivity index (χ0v) is 7.51. The molecular weight excluding hydrogens is 172 g/mol. The van der Waals surface area contributed by atoms with Crippen LogP contribution in [0.25, 0.3) is 22.1 Å². The van der Waals surface area contributed by atoms with Crippen LogP contribution in [0.5, 0.6) is 0 Å². The van der Waals surface area contributed by atoms with Crippen molar-refractivity contribution >= 4 is 22.1 Å². The molecule has 0 N–H and O–H groups in total. The molecule has 0 unspecified atom stereocenters. The van der Waals surface area contributed by atoms with Crippen molar-refractivity contribution in [3.05, 3.63) is 48.5 Å². The zero-order valence-electron chi connectivity index (χ0n) is 8.51. The summed E-state index contributed by atoms with van der Waals surface area (Å²) in [7, 11) is 0. The van der Waals surface area contributed by atoms with Crippen LogP contribution >= 0.6 is 0 Å². The van der Waals surface area contributed by atoms with Crippen LogP contribution in [0.1, 0.15) is 1.43 Å². The number of para-hydroxylation sites is 4. The Hall–Kier alpha value is -1.96.